The molecule has 1 fully saturated rings. The first-order chi connectivity index (χ1) is 8.56. The van der Waals surface area contributed by atoms with Crippen LogP contribution in [0.15, 0.2) is 0 Å². The maximum absolute atomic E-state index is 11.9. The van der Waals surface area contributed by atoms with Crippen LogP contribution in [0.4, 0.5) is 0 Å². The van der Waals surface area contributed by atoms with Crippen LogP contribution >= 0.6 is 12.4 Å². The van der Waals surface area contributed by atoms with Crippen LogP contribution in [0.5, 0.6) is 0 Å². The minimum Gasteiger partial charge on any atom is -0.316 e. The maximum atomic E-state index is 11.9. The van der Waals surface area contributed by atoms with Gasteiger partial charge in [-0.15, -0.1) is 12.4 Å². The fourth-order valence-electron chi connectivity index (χ4n) is 2.17. The van der Waals surface area contributed by atoms with Gasteiger partial charge >= 0.3 is 0 Å². The first kappa shape index (κ1) is 19.1. The highest BCUT2D eigenvalue weighted by atomic mass is 35.5. The topological polar surface area (TPSA) is 61.4 Å². The van der Waals surface area contributed by atoms with Crippen LogP contribution in [0.25, 0.3) is 0 Å². The number of nitrogens with one attached hydrogen (secondary N) is 2. The summed E-state index contributed by atoms with van der Waals surface area (Å²) in [7, 11) is -1.63. The van der Waals surface area contributed by atoms with Crippen molar-refractivity contribution >= 4 is 22.6 Å². The van der Waals surface area contributed by atoms with Crippen molar-refractivity contribution in [2.45, 2.75) is 39.0 Å². The monoisotopic (exact) mass is 313 g/mol. The molecule has 0 saturated carbocycles. The third-order valence-corrected chi connectivity index (χ3v) is 5.05. The van der Waals surface area contributed by atoms with E-state index in [-0.39, 0.29) is 12.4 Å². The zero-order valence-electron chi connectivity index (χ0n) is 12.0. The van der Waals surface area contributed by atoms with Crippen molar-refractivity contribution in [2.75, 3.05) is 33.2 Å². The van der Waals surface area contributed by atoms with E-state index in [2.05, 4.69) is 17.0 Å². The Morgan fingerprint density at radius 2 is 2.16 bits per heavy atom. The summed E-state index contributed by atoms with van der Waals surface area (Å²) in [5.41, 5.74) is 0. The average molecular weight is 314 g/mol. The average Bonchev–Trinajstić information content (AvgIpc) is 2.37. The smallest absolute Gasteiger partial charge is 0.279 e. The Kier molecular flexibility index (Phi) is 10.00. The van der Waals surface area contributed by atoms with Gasteiger partial charge in [0.2, 0.25) is 0 Å². The number of hydrogen-bond acceptors (Lipinski definition) is 3. The molecule has 0 aromatic rings. The number of hydrogen-bond donors (Lipinski definition) is 2. The second-order valence-corrected chi connectivity index (χ2v) is 6.94. The molecule has 1 rings (SSSR count). The largest absolute Gasteiger partial charge is 0.316 e. The number of unbranched alkanes of at least 4 members (excludes halogenated alkanes) is 1. The lowest BCUT2D eigenvalue weighted by atomic mass is 9.96. The molecule has 116 valence electrons. The second kappa shape index (κ2) is 9.94. The van der Waals surface area contributed by atoms with Crippen molar-refractivity contribution in [3.8, 4) is 0 Å². The zero-order chi connectivity index (χ0) is 13.4. The first-order valence-electron chi connectivity index (χ1n) is 6.98. The molecular weight excluding hydrogens is 286 g/mol. The Bertz CT molecular complexity index is 319. The number of nitrogens with zero attached hydrogens (tertiary/aromatic N) is 1. The van der Waals surface area contributed by atoms with Gasteiger partial charge in [-0.05, 0) is 44.7 Å². The quantitative estimate of drug-likeness (QED) is 0.711. The maximum Gasteiger partial charge on any atom is 0.279 e. The molecule has 0 amide bonds. The van der Waals surface area contributed by atoms with E-state index in [0.717, 1.165) is 32.4 Å². The van der Waals surface area contributed by atoms with Gasteiger partial charge in [-0.3, -0.25) is 0 Å². The molecule has 1 unspecified atom stereocenters. The van der Waals surface area contributed by atoms with Crippen LogP contribution in [-0.4, -0.2) is 45.9 Å². The predicted octanol–water partition coefficient (Wildman–Crippen LogP) is 1.36. The minimum atomic E-state index is -3.27. The Labute approximate surface area is 124 Å². The Hall–Kier alpha value is 0.120. The summed E-state index contributed by atoms with van der Waals surface area (Å²) in [5.74, 6) is 0.613. The van der Waals surface area contributed by atoms with E-state index in [1.54, 1.807) is 7.05 Å². The van der Waals surface area contributed by atoms with E-state index in [1.165, 1.54) is 17.1 Å². The molecule has 0 aliphatic carbocycles. The van der Waals surface area contributed by atoms with E-state index < -0.39 is 10.2 Å². The lowest BCUT2D eigenvalue weighted by molar-refractivity contribution is 0.356. The molecule has 2 N–H and O–H groups in total. The van der Waals surface area contributed by atoms with E-state index in [0.29, 0.717) is 19.0 Å². The van der Waals surface area contributed by atoms with Crippen molar-refractivity contribution in [3.63, 3.8) is 0 Å². The fourth-order valence-corrected chi connectivity index (χ4v) is 3.14. The summed E-state index contributed by atoms with van der Waals surface area (Å²) in [6.45, 7) is 5.32. The van der Waals surface area contributed by atoms with Crippen LogP contribution in [0.3, 0.4) is 0 Å². The zero-order valence-corrected chi connectivity index (χ0v) is 13.7. The molecule has 0 radical (unpaired) electrons. The van der Waals surface area contributed by atoms with Gasteiger partial charge in [0.15, 0.2) is 0 Å². The standard InChI is InChI=1S/C12H27N3O2S.ClH/c1-3-4-10-15(2)18(16,17)14-9-7-12-6-5-8-13-11-12;/h12-14H,3-11H2,1-2H3;1H. The molecule has 1 atom stereocenters. The van der Waals surface area contributed by atoms with Crippen molar-refractivity contribution in [3.05, 3.63) is 0 Å². The van der Waals surface area contributed by atoms with Gasteiger partial charge in [0.05, 0.1) is 0 Å². The third kappa shape index (κ3) is 7.46. The van der Waals surface area contributed by atoms with E-state index >= 15 is 0 Å². The van der Waals surface area contributed by atoms with Gasteiger partial charge in [-0.25, -0.2) is 4.72 Å². The molecule has 1 aliphatic rings. The highest BCUT2D eigenvalue weighted by Gasteiger charge is 2.18. The number of rotatable bonds is 8. The van der Waals surface area contributed by atoms with Gasteiger partial charge in [0.25, 0.3) is 10.2 Å². The molecule has 5 nitrogen and oxygen atoms in total. The normalized spacial score (nSPS) is 20.3. The Morgan fingerprint density at radius 3 is 2.74 bits per heavy atom. The summed E-state index contributed by atoms with van der Waals surface area (Å²) in [6, 6.07) is 0. The molecule has 19 heavy (non-hydrogen) atoms. The molecule has 0 aromatic carbocycles. The Balaban J connectivity index is 0.00000324. The minimum absolute atomic E-state index is 0. The summed E-state index contributed by atoms with van der Waals surface area (Å²) < 4.78 is 27.9. The molecule has 1 aliphatic heterocycles. The summed E-state index contributed by atoms with van der Waals surface area (Å²) in [5, 5.41) is 3.35. The SMILES string of the molecule is CCCCN(C)S(=O)(=O)NCCC1CCCNC1.Cl. The highest BCUT2D eigenvalue weighted by molar-refractivity contribution is 7.87. The van der Waals surface area contributed by atoms with Gasteiger partial charge in [-0.1, -0.05) is 13.3 Å². The Morgan fingerprint density at radius 1 is 1.42 bits per heavy atom. The van der Waals surface area contributed by atoms with E-state index in [4.69, 9.17) is 0 Å². The van der Waals surface area contributed by atoms with Gasteiger partial charge in [0, 0.05) is 20.1 Å². The molecule has 1 heterocycles. The van der Waals surface area contributed by atoms with Crippen LogP contribution in [0.2, 0.25) is 0 Å². The molecule has 7 heteroatoms. The van der Waals surface area contributed by atoms with Crippen LogP contribution in [0.1, 0.15) is 39.0 Å². The van der Waals surface area contributed by atoms with Crippen LogP contribution in [0, 0.1) is 5.92 Å². The molecule has 1 saturated heterocycles. The molecule has 0 aromatic heterocycles. The molecule has 0 spiro atoms. The molecular formula is C12H28ClN3O2S. The molecule has 0 bridgehead atoms. The van der Waals surface area contributed by atoms with Gasteiger partial charge in [0.1, 0.15) is 0 Å². The van der Waals surface area contributed by atoms with Crippen molar-refractivity contribution < 1.29 is 8.42 Å². The summed E-state index contributed by atoms with van der Waals surface area (Å²) in [6.07, 6.45) is 5.25. The second-order valence-electron chi connectivity index (χ2n) is 5.08. The summed E-state index contributed by atoms with van der Waals surface area (Å²) >= 11 is 0. The van der Waals surface area contributed by atoms with Gasteiger partial charge < -0.3 is 5.32 Å². The lowest BCUT2D eigenvalue weighted by Crippen LogP contribution is -2.40. The van der Waals surface area contributed by atoms with Gasteiger partial charge in [-0.2, -0.15) is 12.7 Å². The van der Waals surface area contributed by atoms with Crippen LogP contribution < -0.4 is 10.0 Å². The van der Waals surface area contributed by atoms with E-state index in [9.17, 15) is 8.42 Å². The fraction of sp³-hybridized carbons (Fsp3) is 1.00. The highest BCUT2D eigenvalue weighted by Crippen LogP contribution is 2.13. The van der Waals surface area contributed by atoms with E-state index in [1.807, 2.05) is 0 Å². The summed E-state index contributed by atoms with van der Waals surface area (Å²) in [4.78, 5) is 0. The third-order valence-electron chi connectivity index (χ3n) is 3.47. The van der Waals surface area contributed by atoms with Crippen LogP contribution in [-0.2, 0) is 10.2 Å². The lowest BCUT2D eigenvalue weighted by Gasteiger charge is -2.23. The van der Waals surface area contributed by atoms with Crippen molar-refractivity contribution in [1.29, 1.82) is 0 Å². The predicted molar refractivity (Wildman–Crippen MR) is 81.9 cm³/mol. The number of halogens is 1. The van der Waals surface area contributed by atoms with Crippen molar-refractivity contribution in [1.82, 2.24) is 14.3 Å². The first-order valence-corrected chi connectivity index (χ1v) is 8.42. The number of piperidine rings is 1. The van der Waals surface area contributed by atoms with Crippen molar-refractivity contribution in [2.24, 2.45) is 5.92 Å².